The molecule has 0 spiro atoms. The van der Waals surface area contributed by atoms with Crippen molar-refractivity contribution in [3.05, 3.63) is 51.0 Å². The summed E-state index contributed by atoms with van der Waals surface area (Å²) in [5.74, 6) is -1.33. The van der Waals surface area contributed by atoms with Crippen LogP contribution >= 0.6 is 11.3 Å². The molecule has 2 rings (SSSR count). The quantitative estimate of drug-likeness (QED) is 0.888. The first kappa shape index (κ1) is 16.2. The summed E-state index contributed by atoms with van der Waals surface area (Å²) in [6.07, 6.45) is 0.760. The number of hydrogen-bond acceptors (Lipinski definition) is 4. The molecule has 0 saturated carbocycles. The largest absolute Gasteiger partial charge is 0.478 e. The molecule has 0 aliphatic rings. The first-order valence-electron chi connectivity index (χ1n) is 6.94. The number of nitrogens with one attached hydrogen (secondary N) is 1. The minimum Gasteiger partial charge on any atom is -0.478 e. The Hall–Kier alpha value is -2.21. The molecule has 6 heteroatoms. The van der Waals surface area contributed by atoms with Gasteiger partial charge in [-0.3, -0.25) is 4.79 Å². The third-order valence-corrected chi connectivity index (χ3v) is 4.25. The molecule has 2 heterocycles. The molecule has 2 aromatic rings. The Morgan fingerprint density at radius 3 is 2.55 bits per heavy atom. The molecule has 1 atom stereocenters. The van der Waals surface area contributed by atoms with Crippen LogP contribution in [0, 0.1) is 13.8 Å². The van der Waals surface area contributed by atoms with Gasteiger partial charge in [-0.05, 0) is 45.0 Å². The number of hydrogen-bond donors (Lipinski definition) is 2. The summed E-state index contributed by atoms with van der Waals surface area (Å²) < 4.78 is 0. The summed E-state index contributed by atoms with van der Waals surface area (Å²) in [6, 6.07) is 6.95. The van der Waals surface area contributed by atoms with Gasteiger partial charge >= 0.3 is 5.97 Å². The fourth-order valence-electron chi connectivity index (χ4n) is 2.16. The smallest absolute Gasteiger partial charge is 0.337 e. The van der Waals surface area contributed by atoms with Crippen LogP contribution in [0.15, 0.2) is 24.3 Å². The van der Waals surface area contributed by atoms with Crippen molar-refractivity contribution >= 4 is 23.2 Å². The van der Waals surface area contributed by atoms with Crippen molar-refractivity contribution in [3.8, 4) is 0 Å². The van der Waals surface area contributed by atoms with Gasteiger partial charge < -0.3 is 10.4 Å². The van der Waals surface area contributed by atoms with E-state index in [-0.39, 0.29) is 23.2 Å². The average Bonchev–Trinajstić information content (AvgIpc) is 2.83. The van der Waals surface area contributed by atoms with Gasteiger partial charge in [-0.1, -0.05) is 0 Å². The Bertz CT molecular complexity index is 709. The number of carbonyl (C=O) groups excluding carboxylic acids is 1. The van der Waals surface area contributed by atoms with Crippen molar-refractivity contribution in [2.75, 3.05) is 0 Å². The van der Waals surface area contributed by atoms with Crippen molar-refractivity contribution in [3.63, 3.8) is 0 Å². The molecule has 0 bridgehead atoms. The van der Waals surface area contributed by atoms with Gasteiger partial charge in [0.15, 0.2) is 0 Å². The number of aromatic carboxylic acids is 1. The summed E-state index contributed by atoms with van der Waals surface area (Å²) in [5, 5.41) is 11.9. The van der Waals surface area contributed by atoms with E-state index < -0.39 is 5.97 Å². The Morgan fingerprint density at radius 1 is 1.27 bits per heavy atom. The van der Waals surface area contributed by atoms with Crippen molar-refractivity contribution in [2.24, 2.45) is 0 Å². The lowest BCUT2D eigenvalue weighted by Crippen LogP contribution is -2.34. The van der Waals surface area contributed by atoms with Crippen LogP contribution in [0.3, 0.4) is 0 Å². The molecule has 2 aromatic heterocycles. The Morgan fingerprint density at radius 2 is 2.00 bits per heavy atom. The van der Waals surface area contributed by atoms with E-state index in [9.17, 15) is 9.59 Å². The zero-order valence-electron chi connectivity index (χ0n) is 12.7. The fraction of sp³-hybridized carbons (Fsp3) is 0.312. The number of nitrogens with zero attached hydrogens (tertiary/aromatic N) is 1. The number of rotatable bonds is 5. The predicted molar refractivity (Wildman–Crippen MR) is 85.6 cm³/mol. The Kier molecular flexibility index (Phi) is 4.92. The van der Waals surface area contributed by atoms with E-state index in [1.165, 1.54) is 21.9 Å². The van der Waals surface area contributed by atoms with Crippen LogP contribution < -0.4 is 5.32 Å². The lowest BCUT2D eigenvalue weighted by molar-refractivity contribution is 0.0694. The maximum absolute atomic E-state index is 12.2. The molecular formula is C16H18N2O3S. The monoisotopic (exact) mass is 318 g/mol. The van der Waals surface area contributed by atoms with E-state index in [4.69, 9.17) is 5.11 Å². The van der Waals surface area contributed by atoms with Crippen LogP contribution in [0.1, 0.15) is 43.2 Å². The highest BCUT2D eigenvalue weighted by molar-refractivity contribution is 7.11. The number of aryl methyl sites for hydroxylation is 2. The standard InChI is InChI=1S/C16H18N2O3S/c1-9(8-12-5-4-10(2)22-12)17-15(19)14-7-6-13(16(20)21)11(3)18-14/h4-7,9H,8H2,1-3H3,(H,17,19)(H,20,21). The number of carbonyl (C=O) groups is 2. The summed E-state index contributed by atoms with van der Waals surface area (Å²) in [5.41, 5.74) is 0.678. The van der Waals surface area contributed by atoms with Crippen LogP contribution in [0.4, 0.5) is 0 Å². The number of thiophene rings is 1. The van der Waals surface area contributed by atoms with E-state index in [0.29, 0.717) is 5.69 Å². The second-order valence-corrected chi connectivity index (χ2v) is 6.60. The van der Waals surface area contributed by atoms with Crippen LogP contribution in [0.5, 0.6) is 0 Å². The topological polar surface area (TPSA) is 79.3 Å². The first-order valence-corrected chi connectivity index (χ1v) is 7.75. The van der Waals surface area contributed by atoms with Gasteiger partial charge in [-0.15, -0.1) is 11.3 Å². The van der Waals surface area contributed by atoms with E-state index in [1.54, 1.807) is 18.3 Å². The number of aromatic nitrogens is 1. The van der Waals surface area contributed by atoms with Gasteiger partial charge in [-0.2, -0.15) is 0 Å². The third-order valence-electron chi connectivity index (χ3n) is 3.23. The number of carboxylic acids is 1. The molecule has 1 amide bonds. The maximum atomic E-state index is 12.2. The fourth-order valence-corrected chi connectivity index (χ4v) is 3.18. The summed E-state index contributed by atoms with van der Waals surface area (Å²) in [4.78, 5) is 29.6. The molecule has 0 aliphatic carbocycles. The lowest BCUT2D eigenvalue weighted by Gasteiger charge is -2.13. The van der Waals surface area contributed by atoms with Gasteiger partial charge in [0.05, 0.1) is 11.3 Å². The Labute approximate surface area is 133 Å². The molecule has 5 nitrogen and oxygen atoms in total. The third kappa shape index (κ3) is 3.92. The highest BCUT2D eigenvalue weighted by atomic mass is 32.1. The van der Waals surface area contributed by atoms with Crippen LogP contribution in [-0.2, 0) is 6.42 Å². The average molecular weight is 318 g/mol. The van der Waals surface area contributed by atoms with Gasteiger partial charge in [0.25, 0.3) is 5.91 Å². The number of carboxylic acid groups (broad SMARTS) is 1. The van der Waals surface area contributed by atoms with E-state index in [1.807, 2.05) is 13.8 Å². The summed E-state index contributed by atoms with van der Waals surface area (Å²) >= 11 is 1.71. The van der Waals surface area contributed by atoms with E-state index in [0.717, 1.165) is 6.42 Å². The molecule has 0 aromatic carbocycles. The molecule has 116 valence electrons. The maximum Gasteiger partial charge on any atom is 0.337 e. The second-order valence-electron chi connectivity index (χ2n) is 5.23. The minimum absolute atomic E-state index is 0.0215. The van der Waals surface area contributed by atoms with Crippen molar-refractivity contribution in [1.82, 2.24) is 10.3 Å². The van der Waals surface area contributed by atoms with Gasteiger partial charge in [0, 0.05) is 22.2 Å². The van der Waals surface area contributed by atoms with Gasteiger partial charge in [0.1, 0.15) is 5.69 Å². The molecule has 2 N–H and O–H groups in total. The van der Waals surface area contributed by atoms with E-state index >= 15 is 0 Å². The first-order chi connectivity index (χ1) is 10.4. The summed E-state index contributed by atoms with van der Waals surface area (Å²) in [6.45, 7) is 5.57. The van der Waals surface area contributed by atoms with Crippen LogP contribution in [-0.4, -0.2) is 28.0 Å². The van der Waals surface area contributed by atoms with Gasteiger partial charge in [0.2, 0.25) is 0 Å². The van der Waals surface area contributed by atoms with Crippen LogP contribution in [0.2, 0.25) is 0 Å². The molecule has 22 heavy (non-hydrogen) atoms. The molecule has 0 aliphatic heterocycles. The Balaban J connectivity index is 2.02. The number of pyridine rings is 1. The van der Waals surface area contributed by atoms with Gasteiger partial charge in [-0.25, -0.2) is 9.78 Å². The molecule has 0 radical (unpaired) electrons. The molecule has 0 saturated heterocycles. The van der Waals surface area contributed by atoms with Crippen LogP contribution in [0.25, 0.3) is 0 Å². The predicted octanol–water partition coefficient (Wildman–Crippen LogP) is 2.82. The zero-order chi connectivity index (χ0) is 16.3. The highest BCUT2D eigenvalue weighted by Gasteiger charge is 2.15. The van der Waals surface area contributed by atoms with Crippen molar-refractivity contribution < 1.29 is 14.7 Å². The zero-order valence-corrected chi connectivity index (χ0v) is 13.5. The number of amides is 1. The second kappa shape index (κ2) is 6.70. The normalized spacial score (nSPS) is 12.0. The summed E-state index contributed by atoms with van der Waals surface area (Å²) in [7, 11) is 0. The van der Waals surface area contributed by atoms with E-state index in [2.05, 4.69) is 22.4 Å². The molecule has 0 fully saturated rings. The van der Waals surface area contributed by atoms with Crippen molar-refractivity contribution in [1.29, 1.82) is 0 Å². The minimum atomic E-state index is -1.04. The lowest BCUT2D eigenvalue weighted by atomic mass is 10.1. The molecule has 1 unspecified atom stereocenters. The highest BCUT2D eigenvalue weighted by Crippen LogP contribution is 2.17. The molecular weight excluding hydrogens is 300 g/mol. The SMILES string of the molecule is Cc1ccc(CC(C)NC(=O)c2ccc(C(=O)O)c(C)n2)s1. The van der Waals surface area contributed by atoms with Crippen molar-refractivity contribution in [2.45, 2.75) is 33.2 Å².